The van der Waals surface area contributed by atoms with Gasteiger partial charge in [-0.15, -0.1) is 0 Å². The Morgan fingerprint density at radius 2 is 1.37 bits per heavy atom. The van der Waals surface area contributed by atoms with E-state index in [1.165, 1.54) is 7.11 Å². The quantitative estimate of drug-likeness (QED) is 0.370. The van der Waals surface area contributed by atoms with Crippen LogP contribution in [0, 0.1) is 0 Å². The number of methoxy groups -OCH3 is 4. The fraction of sp³-hybridized carbons (Fsp3) is 0.192. The lowest BCUT2D eigenvalue weighted by Gasteiger charge is -2.22. The molecule has 0 aliphatic rings. The molecule has 3 aromatic carbocycles. The van der Waals surface area contributed by atoms with Crippen molar-refractivity contribution in [1.29, 1.82) is 0 Å². The molecule has 1 atom stereocenters. The van der Waals surface area contributed by atoms with Crippen molar-refractivity contribution in [2.24, 2.45) is 0 Å². The minimum atomic E-state index is -3.91. The van der Waals surface area contributed by atoms with Crippen molar-refractivity contribution in [3.05, 3.63) is 84.2 Å². The summed E-state index contributed by atoms with van der Waals surface area (Å²) in [4.78, 5) is 4.74. The predicted octanol–water partition coefficient (Wildman–Crippen LogP) is 4.34. The van der Waals surface area contributed by atoms with E-state index in [0.717, 1.165) is 5.39 Å². The van der Waals surface area contributed by atoms with Crippen LogP contribution in [0.5, 0.6) is 23.0 Å². The maximum atomic E-state index is 13.4. The molecule has 0 spiro atoms. The van der Waals surface area contributed by atoms with Crippen molar-refractivity contribution in [2.75, 3.05) is 28.4 Å². The highest BCUT2D eigenvalue weighted by atomic mass is 32.2. The van der Waals surface area contributed by atoms with Crippen LogP contribution in [0.25, 0.3) is 10.8 Å². The molecule has 4 rings (SSSR count). The van der Waals surface area contributed by atoms with E-state index < -0.39 is 16.1 Å². The number of fused-ring (bicyclic) bond motifs is 1. The molecule has 1 N–H and O–H groups in total. The Morgan fingerprint density at radius 3 is 2.03 bits per heavy atom. The van der Waals surface area contributed by atoms with Crippen molar-refractivity contribution in [3.8, 4) is 23.0 Å². The lowest BCUT2D eigenvalue weighted by Crippen LogP contribution is -2.30. The molecule has 9 heteroatoms. The minimum Gasteiger partial charge on any atom is -0.493 e. The van der Waals surface area contributed by atoms with Crippen LogP contribution in [-0.2, 0) is 10.0 Å². The van der Waals surface area contributed by atoms with E-state index in [0.29, 0.717) is 39.6 Å². The molecular formula is C26H26N2O6S. The number of nitrogens with zero attached hydrogens (tertiary/aromatic N) is 1. The molecule has 8 nitrogen and oxygen atoms in total. The van der Waals surface area contributed by atoms with Gasteiger partial charge in [-0.3, -0.25) is 4.98 Å². The fourth-order valence-corrected chi connectivity index (χ4v) is 5.10. The summed E-state index contributed by atoms with van der Waals surface area (Å²) < 4.78 is 51.4. The van der Waals surface area contributed by atoms with Gasteiger partial charge in [-0.05, 0) is 53.4 Å². The number of aromatic nitrogens is 1. The average Bonchev–Trinajstić information content (AvgIpc) is 2.90. The van der Waals surface area contributed by atoms with Crippen molar-refractivity contribution >= 4 is 20.8 Å². The Balaban J connectivity index is 1.94. The molecule has 0 unspecified atom stereocenters. The molecule has 0 fully saturated rings. The number of ether oxygens (including phenoxy) is 4. The molecule has 0 bridgehead atoms. The number of rotatable bonds is 9. The van der Waals surface area contributed by atoms with Crippen molar-refractivity contribution in [3.63, 3.8) is 0 Å². The van der Waals surface area contributed by atoms with Crippen molar-refractivity contribution < 1.29 is 27.4 Å². The summed E-state index contributed by atoms with van der Waals surface area (Å²) in [6.07, 6.45) is 1.63. The lowest BCUT2D eigenvalue weighted by molar-refractivity contribution is 0.354. The monoisotopic (exact) mass is 494 g/mol. The third-order valence-electron chi connectivity index (χ3n) is 5.64. The zero-order valence-corrected chi connectivity index (χ0v) is 20.6. The number of nitrogens with one attached hydrogen (secondary N) is 1. The second-order valence-corrected chi connectivity index (χ2v) is 9.32. The predicted molar refractivity (Wildman–Crippen MR) is 133 cm³/mol. The fourth-order valence-electron chi connectivity index (χ4n) is 3.89. The standard InChI is InChI=1S/C26H26N2O6S/c1-31-21-11-10-18(15-22(21)32-2)25(28-35(29,30)19-8-6-5-7-9-19)26-20-16-24(34-4)23(33-3)14-17(20)12-13-27-26/h5-16,25,28H,1-4H3/t25-/m1/s1. The Hall–Kier alpha value is -3.82. The summed E-state index contributed by atoms with van der Waals surface area (Å²) in [5.41, 5.74) is 1.12. The first-order valence-corrected chi connectivity index (χ1v) is 12.2. The van der Waals surface area contributed by atoms with Gasteiger partial charge in [0.1, 0.15) is 0 Å². The molecule has 0 saturated heterocycles. The Bertz CT molecular complexity index is 1440. The van der Waals surface area contributed by atoms with Gasteiger partial charge >= 0.3 is 0 Å². The van der Waals surface area contributed by atoms with Crippen LogP contribution in [0.4, 0.5) is 0 Å². The SMILES string of the molecule is COc1ccc([C@@H](NS(=O)(=O)c2ccccc2)c2nccc3cc(OC)c(OC)cc23)cc1OC. The van der Waals surface area contributed by atoms with Gasteiger partial charge in [0.05, 0.1) is 45.1 Å². The number of benzene rings is 3. The summed E-state index contributed by atoms with van der Waals surface area (Å²) in [6.45, 7) is 0. The highest BCUT2D eigenvalue weighted by Gasteiger charge is 2.27. The summed E-state index contributed by atoms with van der Waals surface area (Å²) >= 11 is 0. The van der Waals surface area contributed by atoms with Crippen LogP contribution in [0.2, 0.25) is 0 Å². The summed E-state index contributed by atoms with van der Waals surface area (Å²) in [5.74, 6) is 2.06. The Kier molecular flexibility index (Phi) is 7.09. The molecule has 0 amide bonds. The van der Waals surface area contributed by atoms with Gasteiger partial charge in [-0.25, -0.2) is 8.42 Å². The van der Waals surface area contributed by atoms with Gasteiger partial charge in [0.15, 0.2) is 23.0 Å². The molecule has 182 valence electrons. The lowest BCUT2D eigenvalue weighted by atomic mass is 9.98. The first kappa shape index (κ1) is 24.3. The van der Waals surface area contributed by atoms with Crippen molar-refractivity contribution in [2.45, 2.75) is 10.9 Å². The highest BCUT2D eigenvalue weighted by molar-refractivity contribution is 7.89. The smallest absolute Gasteiger partial charge is 0.241 e. The molecular weight excluding hydrogens is 468 g/mol. The van der Waals surface area contributed by atoms with Gasteiger partial charge in [-0.1, -0.05) is 24.3 Å². The first-order chi connectivity index (χ1) is 16.9. The summed E-state index contributed by atoms with van der Waals surface area (Å²) in [5, 5.41) is 1.53. The van der Waals surface area contributed by atoms with Crippen molar-refractivity contribution in [1.82, 2.24) is 9.71 Å². The maximum Gasteiger partial charge on any atom is 0.241 e. The maximum absolute atomic E-state index is 13.4. The summed E-state index contributed by atoms with van der Waals surface area (Å²) in [6, 6.07) is 18.0. The van der Waals surface area contributed by atoms with E-state index in [-0.39, 0.29) is 4.90 Å². The van der Waals surface area contributed by atoms with Gasteiger partial charge in [0.25, 0.3) is 0 Å². The molecule has 35 heavy (non-hydrogen) atoms. The summed E-state index contributed by atoms with van der Waals surface area (Å²) in [7, 11) is 2.27. The third-order valence-corrected chi connectivity index (χ3v) is 7.08. The van der Waals surface area contributed by atoms with Crippen LogP contribution in [0.3, 0.4) is 0 Å². The molecule has 0 aliphatic carbocycles. The molecule has 0 saturated carbocycles. The van der Waals surface area contributed by atoms with Gasteiger partial charge < -0.3 is 18.9 Å². The first-order valence-electron chi connectivity index (χ1n) is 10.7. The zero-order chi connectivity index (χ0) is 25.0. The average molecular weight is 495 g/mol. The van der Waals surface area contributed by atoms with Crippen LogP contribution in [0.1, 0.15) is 17.3 Å². The van der Waals surface area contributed by atoms with Gasteiger partial charge in [0.2, 0.25) is 10.0 Å². The van der Waals surface area contributed by atoms with E-state index in [1.807, 2.05) is 12.1 Å². The minimum absolute atomic E-state index is 0.143. The molecule has 0 aliphatic heterocycles. The Labute approximate surface area is 204 Å². The second-order valence-electron chi connectivity index (χ2n) is 7.61. The van der Waals surface area contributed by atoms with Gasteiger partial charge in [-0.2, -0.15) is 4.72 Å². The number of hydrogen-bond donors (Lipinski definition) is 1. The highest BCUT2D eigenvalue weighted by Crippen LogP contribution is 2.38. The van der Waals surface area contributed by atoms with E-state index in [4.69, 9.17) is 18.9 Å². The number of sulfonamides is 1. The van der Waals surface area contributed by atoms with E-state index in [9.17, 15) is 8.42 Å². The molecule has 1 aromatic heterocycles. The van der Waals surface area contributed by atoms with Crippen LogP contribution in [-0.4, -0.2) is 41.8 Å². The van der Waals surface area contributed by atoms with Crippen LogP contribution >= 0.6 is 0 Å². The van der Waals surface area contributed by atoms with E-state index in [1.54, 1.807) is 82.1 Å². The van der Waals surface area contributed by atoms with Crippen LogP contribution in [0.15, 0.2) is 77.8 Å². The van der Waals surface area contributed by atoms with Gasteiger partial charge in [0, 0.05) is 11.6 Å². The zero-order valence-electron chi connectivity index (χ0n) is 19.8. The topological polar surface area (TPSA) is 96.0 Å². The second kappa shape index (κ2) is 10.2. The van der Waals surface area contributed by atoms with E-state index in [2.05, 4.69) is 9.71 Å². The normalized spacial score (nSPS) is 12.2. The Morgan fingerprint density at radius 1 is 0.743 bits per heavy atom. The van der Waals surface area contributed by atoms with Crippen LogP contribution < -0.4 is 23.7 Å². The largest absolute Gasteiger partial charge is 0.493 e. The molecule has 0 radical (unpaired) electrons. The number of pyridine rings is 1. The number of hydrogen-bond acceptors (Lipinski definition) is 7. The third kappa shape index (κ3) is 4.87. The molecule has 1 heterocycles. The molecule has 4 aromatic rings. The van der Waals surface area contributed by atoms with E-state index >= 15 is 0 Å².